The van der Waals surface area contributed by atoms with Gasteiger partial charge in [-0.1, -0.05) is 261 Å². The fourth-order valence-corrected chi connectivity index (χ4v) is 15.2. The zero-order chi connectivity index (χ0) is 62.1. The third-order valence-electron chi connectivity index (χ3n) is 19.8. The molecule has 3 nitrogen and oxygen atoms in total. The highest BCUT2D eigenvalue weighted by Crippen LogP contribution is 2.45. The zero-order valence-electron chi connectivity index (χ0n) is 51.4. The Morgan fingerprint density at radius 3 is 1.01 bits per heavy atom. The second kappa shape index (κ2) is 21.1. The van der Waals surface area contributed by atoms with Gasteiger partial charge in [-0.25, -0.2) is 0 Å². The van der Waals surface area contributed by atoms with Crippen molar-refractivity contribution >= 4 is 131 Å². The van der Waals surface area contributed by atoms with E-state index in [9.17, 15) is 0 Å². The first-order valence-electron chi connectivity index (χ1n) is 32.2. The number of fused-ring (bicyclic) bond motifs is 19. The first-order chi connectivity index (χ1) is 46.4. The molecular weight excluding hydrogens is 1140 g/mol. The smallest absolute Gasteiger partial charge is 0.143 e. The molecule has 94 heavy (non-hydrogen) atoms. The normalized spacial score (nSPS) is 12.1. The van der Waals surface area contributed by atoms with E-state index in [4.69, 9.17) is 13.3 Å². The maximum absolute atomic E-state index is 6.75. The summed E-state index contributed by atoms with van der Waals surface area (Å²) in [6.45, 7) is 6.71. The van der Waals surface area contributed by atoms with E-state index in [0.717, 1.165) is 133 Å². The molecule has 19 rings (SSSR count). The van der Waals surface area contributed by atoms with Crippen molar-refractivity contribution in [2.45, 2.75) is 6.92 Å². The molecule has 3 heterocycles. The van der Waals surface area contributed by atoms with Gasteiger partial charge in [0.05, 0.1) is 0 Å². The van der Waals surface area contributed by atoms with E-state index in [2.05, 4.69) is 299 Å². The SMILES string of the molecule is C=C(/C=C\c1c(C)oc2c(-c3cccc(-c4ccc5c6ccc(-c7cccc(-c8cccc9c8oc8ccccc89)c7)cc6c6ccccc6c5c4)c3)cccc12)c1ccc2c3ccc(-c4cccc(-c5cccc6c5oc5ccccc56)c4)cc3c3ccccc3c2c1. The zero-order valence-corrected chi connectivity index (χ0v) is 51.4. The van der Waals surface area contributed by atoms with Crippen molar-refractivity contribution in [2.24, 2.45) is 0 Å². The minimum Gasteiger partial charge on any atom is -0.460 e. The summed E-state index contributed by atoms with van der Waals surface area (Å²) in [6.07, 6.45) is 4.31. The van der Waals surface area contributed by atoms with Gasteiger partial charge in [-0.3, -0.25) is 0 Å². The summed E-state index contributed by atoms with van der Waals surface area (Å²) in [5.41, 5.74) is 21.1. The maximum atomic E-state index is 6.75. The number of para-hydroxylation sites is 5. The Balaban J connectivity index is 0.614. The summed E-state index contributed by atoms with van der Waals surface area (Å²) in [5.74, 6) is 0.861. The molecule has 0 amide bonds. The van der Waals surface area contributed by atoms with Crippen LogP contribution in [-0.4, -0.2) is 0 Å². The molecule has 0 unspecified atom stereocenters. The molecule has 0 saturated carbocycles. The van der Waals surface area contributed by atoms with Crippen molar-refractivity contribution < 1.29 is 13.3 Å². The monoisotopic (exact) mass is 1200 g/mol. The van der Waals surface area contributed by atoms with Crippen molar-refractivity contribution in [2.75, 3.05) is 0 Å². The molecule has 0 atom stereocenters. The standard InChI is InChI=1S/C91H56O3/c1-54(56-38-43-74-75-44-39-61(51-84(75)71-24-4-3-23-70(71)83(74)50-56)58-18-12-21-64(48-58)68-30-15-33-81-78-27-7-9-35-87(78)93-90(68)81)37-42-66-55(2)92-89-67(29-14-32-80(66)89)63-20-11-17-57(47-63)60-40-45-76-77-46-41-62(53-86(77)73-26-6-5-25-72(73)85(76)52-60)59-19-13-22-65(49-59)69-31-16-34-82-79-28-8-10-36-88(79)94-91(69)82/h3-53H,1H2,2H3/b42-37-. The molecular formula is C91H56O3. The highest BCUT2D eigenvalue weighted by molar-refractivity contribution is 6.28. The molecule has 0 aliphatic heterocycles. The van der Waals surface area contributed by atoms with Gasteiger partial charge in [-0.15, -0.1) is 0 Å². The molecule has 19 aromatic rings. The van der Waals surface area contributed by atoms with Crippen molar-refractivity contribution in [3.05, 3.63) is 327 Å². The van der Waals surface area contributed by atoms with Crippen molar-refractivity contribution in [3.8, 4) is 66.8 Å². The minimum absolute atomic E-state index is 0.861. The van der Waals surface area contributed by atoms with Gasteiger partial charge >= 0.3 is 0 Å². The Bertz CT molecular complexity index is 6420. The number of allylic oxidation sites excluding steroid dienone is 2. The van der Waals surface area contributed by atoms with Crippen molar-refractivity contribution in [3.63, 3.8) is 0 Å². The summed E-state index contributed by atoms with van der Waals surface area (Å²) in [5, 5.41) is 20.3. The van der Waals surface area contributed by atoms with Crippen molar-refractivity contribution in [1.82, 2.24) is 0 Å². The highest BCUT2D eigenvalue weighted by atomic mass is 16.3. The van der Waals surface area contributed by atoms with E-state index in [1.54, 1.807) is 0 Å². The summed E-state index contributed by atoms with van der Waals surface area (Å²) in [6, 6.07) is 108. The van der Waals surface area contributed by atoms with Crippen LogP contribution >= 0.6 is 0 Å². The largest absolute Gasteiger partial charge is 0.460 e. The predicted molar refractivity (Wildman–Crippen MR) is 398 cm³/mol. The lowest BCUT2D eigenvalue weighted by Crippen LogP contribution is -1.88. The minimum atomic E-state index is 0.861. The van der Waals surface area contributed by atoms with E-state index in [1.807, 2.05) is 24.3 Å². The first-order valence-corrected chi connectivity index (χ1v) is 32.2. The van der Waals surface area contributed by atoms with E-state index in [1.165, 1.54) is 75.8 Å². The first kappa shape index (κ1) is 53.5. The third-order valence-corrected chi connectivity index (χ3v) is 19.8. The lowest BCUT2D eigenvalue weighted by Gasteiger charge is -2.14. The number of benzene rings is 16. The summed E-state index contributed by atoms with van der Waals surface area (Å²) < 4.78 is 19.7. The fourth-order valence-electron chi connectivity index (χ4n) is 15.2. The molecule has 16 aromatic carbocycles. The lowest BCUT2D eigenvalue weighted by atomic mass is 9.89. The molecule has 0 spiro atoms. The van der Waals surface area contributed by atoms with Crippen LogP contribution in [0.4, 0.5) is 0 Å². The van der Waals surface area contributed by atoms with Gasteiger partial charge in [0.15, 0.2) is 0 Å². The van der Waals surface area contributed by atoms with Crippen LogP contribution in [0, 0.1) is 6.92 Å². The van der Waals surface area contributed by atoms with Gasteiger partial charge in [0.1, 0.15) is 33.7 Å². The Hall–Kier alpha value is -12.3. The predicted octanol–water partition coefficient (Wildman–Crippen LogP) is 26.2. The molecule has 0 N–H and O–H groups in total. The Kier molecular flexibility index (Phi) is 12.0. The quantitative estimate of drug-likeness (QED) is 0.107. The Morgan fingerprint density at radius 2 is 0.574 bits per heavy atom. The number of rotatable bonds is 9. The summed E-state index contributed by atoms with van der Waals surface area (Å²) >= 11 is 0. The van der Waals surface area contributed by atoms with E-state index < -0.39 is 0 Å². The van der Waals surface area contributed by atoms with Crippen LogP contribution in [0.1, 0.15) is 16.9 Å². The maximum Gasteiger partial charge on any atom is 0.143 e. The van der Waals surface area contributed by atoms with Crippen LogP contribution in [0.3, 0.4) is 0 Å². The lowest BCUT2D eigenvalue weighted by molar-refractivity contribution is 0.578. The topological polar surface area (TPSA) is 39.4 Å². The molecule has 3 heteroatoms. The number of aryl methyl sites for hydroxylation is 1. The third kappa shape index (κ3) is 8.52. The molecule has 0 aliphatic carbocycles. The van der Waals surface area contributed by atoms with E-state index in [-0.39, 0.29) is 0 Å². The van der Waals surface area contributed by atoms with Crippen LogP contribution in [0.25, 0.3) is 198 Å². The number of furan rings is 3. The van der Waals surface area contributed by atoms with Gasteiger partial charge in [0.25, 0.3) is 0 Å². The highest BCUT2D eigenvalue weighted by Gasteiger charge is 2.20. The van der Waals surface area contributed by atoms with Gasteiger partial charge in [0.2, 0.25) is 0 Å². The number of hydrogen-bond acceptors (Lipinski definition) is 3. The van der Waals surface area contributed by atoms with Gasteiger partial charge < -0.3 is 13.3 Å². The number of hydrogen-bond donors (Lipinski definition) is 0. The average molecular weight is 1200 g/mol. The van der Waals surface area contributed by atoms with Crippen LogP contribution in [-0.2, 0) is 0 Å². The van der Waals surface area contributed by atoms with Gasteiger partial charge in [-0.05, 0) is 187 Å². The van der Waals surface area contributed by atoms with Gasteiger partial charge in [0, 0.05) is 49.2 Å². The van der Waals surface area contributed by atoms with E-state index in [0.29, 0.717) is 0 Å². The molecule has 3 aromatic heterocycles. The van der Waals surface area contributed by atoms with Gasteiger partial charge in [-0.2, -0.15) is 0 Å². The second-order valence-corrected chi connectivity index (χ2v) is 25.0. The molecule has 0 radical (unpaired) electrons. The van der Waals surface area contributed by atoms with E-state index >= 15 is 0 Å². The molecule has 0 saturated heterocycles. The molecule has 0 bridgehead atoms. The van der Waals surface area contributed by atoms with Crippen LogP contribution < -0.4 is 0 Å². The van der Waals surface area contributed by atoms with Crippen molar-refractivity contribution in [1.29, 1.82) is 0 Å². The Labute approximate surface area is 541 Å². The molecule has 438 valence electrons. The summed E-state index contributed by atoms with van der Waals surface area (Å²) in [4.78, 5) is 0. The second-order valence-electron chi connectivity index (χ2n) is 25.0. The summed E-state index contributed by atoms with van der Waals surface area (Å²) in [7, 11) is 0. The molecule has 0 aliphatic rings. The fraction of sp³-hybridized carbons (Fsp3) is 0.0110. The van der Waals surface area contributed by atoms with Crippen LogP contribution in [0.15, 0.2) is 323 Å². The molecule has 0 fully saturated rings. The average Bonchev–Trinajstić information content (AvgIpc) is 1.15. The van der Waals surface area contributed by atoms with Crippen LogP contribution in [0.5, 0.6) is 0 Å². The van der Waals surface area contributed by atoms with Crippen LogP contribution in [0.2, 0.25) is 0 Å². The Morgan fingerprint density at radius 1 is 0.255 bits per heavy atom.